The van der Waals surface area contributed by atoms with E-state index in [1.54, 1.807) is 0 Å². The highest BCUT2D eigenvalue weighted by molar-refractivity contribution is 14.1. The summed E-state index contributed by atoms with van der Waals surface area (Å²) in [5, 5.41) is 12.1. The molecule has 6 heteroatoms. The van der Waals surface area contributed by atoms with Gasteiger partial charge in [-0.2, -0.15) is 0 Å². The Balaban J connectivity index is 2.06. The molecule has 2 rings (SSSR count). The monoisotopic (exact) mass is 391 g/mol. The molecule has 1 aromatic heterocycles. The molecule has 0 radical (unpaired) electrons. The molecule has 0 unspecified atom stereocenters. The number of halogens is 2. The molecular formula is C13H15ClIN3O. The Morgan fingerprint density at radius 3 is 3.00 bits per heavy atom. The number of hydrogen-bond acceptors (Lipinski definition) is 4. The van der Waals surface area contributed by atoms with Gasteiger partial charge in [0.1, 0.15) is 0 Å². The Morgan fingerprint density at radius 1 is 1.37 bits per heavy atom. The zero-order valence-corrected chi connectivity index (χ0v) is 13.5. The van der Waals surface area contributed by atoms with E-state index in [2.05, 4.69) is 45.0 Å². The van der Waals surface area contributed by atoms with Crippen LogP contribution in [0.5, 0.6) is 0 Å². The van der Waals surface area contributed by atoms with Gasteiger partial charge in [-0.3, -0.25) is 0 Å². The van der Waals surface area contributed by atoms with Crippen LogP contribution in [0.3, 0.4) is 0 Å². The third-order valence-electron chi connectivity index (χ3n) is 2.62. The zero-order valence-electron chi connectivity index (χ0n) is 10.6. The molecule has 0 spiro atoms. The quantitative estimate of drug-likeness (QED) is 0.604. The highest BCUT2D eigenvalue weighted by Gasteiger charge is 2.12. The van der Waals surface area contributed by atoms with Crippen molar-refractivity contribution in [1.82, 2.24) is 15.5 Å². The van der Waals surface area contributed by atoms with Gasteiger partial charge >= 0.3 is 0 Å². The molecule has 4 nitrogen and oxygen atoms in total. The van der Waals surface area contributed by atoms with E-state index < -0.39 is 0 Å². The highest BCUT2D eigenvalue weighted by atomic mass is 127. The summed E-state index contributed by atoms with van der Waals surface area (Å²) in [5.74, 6) is 1.20. The van der Waals surface area contributed by atoms with Crippen molar-refractivity contribution < 1.29 is 4.42 Å². The second-order valence-electron chi connectivity index (χ2n) is 4.08. The van der Waals surface area contributed by atoms with Gasteiger partial charge in [0.2, 0.25) is 11.8 Å². The number of aryl methyl sites for hydroxylation is 1. The van der Waals surface area contributed by atoms with Crippen LogP contribution >= 0.6 is 34.2 Å². The molecule has 1 heterocycles. The minimum Gasteiger partial charge on any atom is -0.421 e. The SMILES string of the molecule is CCNCCCc1nnc(-c2cc(Cl)ccc2I)o1. The van der Waals surface area contributed by atoms with E-state index in [0.717, 1.165) is 35.1 Å². The van der Waals surface area contributed by atoms with Gasteiger partial charge in [-0.15, -0.1) is 10.2 Å². The lowest BCUT2D eigenvalue weighted by Gasteiger charge is -2.00. The molecule has 0 bridgehead atoms. The zero-order chi connectivity index (χ0) is 13.7. The van der Waals surface area contributed by atoms with Crippen molar-refractivity contribution in [2.45, 2.75) is 19.8 Å². The molecule has 2 aromatic rings. The van der Waals surface area contributed by atoms with Crippen LogP contribution in [0.4, 0.5) is 0 Å². The Morgan fingerprint density at radius 2 is 2.21 bits per heavy atom. The van der Waals surface area contributed by atoms with Crippen LogP contribution in [0.1, 0.15) is 19.2 Å². The van der Waals surface area contributed by atoms with E-state index in [1.165, 1.54) is 0 Å². The normalized spacial score (nSPS) is 10.9. The average molecular weight is 392 g/mol. The summed E-state index contributed by atoms with van der Waals surface area (Å²) < 4.78 is 6.72. The first kappa shape index (κ1) is 14.7. The Kier molecular flexibility index (Phi) is 5.59. The van der Waals surface area contributed by atoms with Crippen LogP contribution in [0.2, 0.25) is 5.02 Å². The predicted octanol–water partition coefficient (Wildman–Crippen LogP) is 3.54. The number of rotatable bonds is 6. The molecular weight excluding hydrogens is 377 g/mol. The fourth-order valence-electron chi connectivity index (χ4n) is 1.67. The van der Waals surface area contributed by atoms with E-state index in [-0.39, 0.29) is 0 Å². The largest absolute Gasteiger partial charge is 0.421 e. The molecule has 0 aliphatic rings. The van der Waals surface area contributed by atoms with Crippen molar-refractivity contribution in [2.24, 2.45) is 0 Å². The van der Waals surface area contributed by atoms with Crippen LogP contribution in [0.25, 0.3) is 11.5 Å². The Hall–Kier alpha value is -0.660. The van der Waals surface area contributed by atoms with Crippen molar-refractivity contribution >= 4 is 34.2 Å². The molecule has 19 heavy (non-hydrogen) atoms. The van der Waals surface area contributed by atoms with E-state index in [1.807, 2.05) is 18.2 Å². The molecule has 0 atom stereocenters. The molecule has 0 aliphatic carbocycles. The van der Waals surface area contributed by atoms with Crippen LogP contribution in [-0.4, -0.2) is 23.3 Å². The number of aromatic nitrogens is 2. The van der Waals surface area contributed by atoms with Crippen molar-refractivity contribution in [1.29, 1.82) is 0 Å². The van der Waals surface area contributed by atoms with Gasteiger partial charge in [-0.1, -0.05) is 18.5 Å². The summed E-state index contributed by atoms with van der Waals surface area (Å²) in [6, 6.07) is 5.63. The van der Waals surface area contributed by atoms with Crippen molar-refractivity contribution in [3.05, 3.63) is 32.7 Å². The number of nitrogens with one attached hydrogen (secondary N) is 1. The lowest BCUT2D eigenvalue weighted by atomic mass is 10.2. The maximum Gasteiger partial charge on any atom is 0.248 e. The second-order valence-corrected chi connectivity index (χ2v) is 5.68. The van der Waals surface area contributed by atoms with Gasteiger partial charge in [0.25, 0.3) is 0 Å². The molecule has 1 N–H and O–H groups in total. The highest BCUT2D eigenvalue weighted by Crippen LogP contribution is 2.27. The van der Waals surface area contributed by atoms with Gasteiger partial charge in [-0.25, -0.2) is 0 Å². The van der Waals surface area contributed by atoms with Gasteiger partial charge in [0.05, 0.1) is 5.56 Å². The lowest BCUT2D eigenvalue weighted by molar-refractivity contribution is 0.492. The first-order chi connectivity index (χ1) is 9.20. The number of benzene rings is 1. The Labute approximate surface area is 131 Å². The molecule has 1 aromatic carbocycles. The summed E-state index contributed by atoms with van der Waals surface area (Å²) in [4.78, 5) is 0. The summed E-state index contributed by atoms with van der Waals surface area (Å²) in [5.41, 5.74) is 0.888. The van der Waals surface area contributed by atoms with Crippen molar-refractivity contribution in [3.8, 4) is 11.5 Å². The molecule has 0 saturated carbocycles. The molecule has 0 saturated heterocycles. The molecule has 0 amide bonds. The fraction of sp³-hybridized carbons (Fsp3) is 0.385. The van der Waals surface area contributed by atoms with E-state index in [4.69, 9.17) is 16.0 Å². The minimum atomic E-state index is 0.533. The van der Waals surface area contributed by atoms with Gasteiger partial charge in [-0.05, 0) is 60.3 Å². The maximum absolute atomic E-state index is 5.99. The van der Waals surface area contributed by atoms with Crippen LogP contribution in [0.15, 0.2) is 22.6 Å². The molecule has 0 aliphatic heterocycles. The topological polar surface area (TPSA) is 51.0 Å². The molecule has 0 fully saturated rings. The average Bonchev–Trinajstić information content (AvgIpc) is 2.86. The van der Waals surface area contributed by atoms with Gasteiger partial charge in [0, 0.05) is 15.0 Å². The lowest BCUT2D eigenvalue weighted by Crippen LogP contribution is -2.14. The third-order valence-corrected chi connectivity index (χ3v) is 3.80. The van der Waals surface area contributed by atoms with E-state index in [9.17, 15) is 0 Å². The summed E-state index contributed by atoms with van der Waals surface area (Å²) >= 11 is 8.22. The standard InChI is InChI=1S/C13H15ClIN3O/c1-2-16-7-3-4-12-17-18-13(19-12)10-8-9(14)5-6-11(10)15/h5-6,8,16H,2-4,7H2,1H3. The first-order valence-corrected chi connectivity index (χ1v) is 7.65. The minimum absolute atomic E-state index is 0.533. The fourth-order valence-corrected chi connectivity index (χ4v) is 2.40. The Bertz CT molecular complexity index is 544. The first-order valence-electron chi connectivity index (χ1n) is 6.19. The predicted molar refractivity (Wildman–Crippen MR) is 84.3 cm³/mol. The number of nitrogens with zero attached hydrogens (tertiary/aromatic N) is 2. The van der Waals surface area contributed by atoms with Gasteiger partial charge in [0.15, 0.2) is 0 Å². The summed E-state index contributed by atoms with van der Waals surface area (Å²) in [7, 11) is 0. The third kappa shape index (κ3) is 4.15. The smallest absolute Gasteiger partial charge is 0.248 e. The maximum atomic E-state index is 5.99. The van der Waals surface area contributed by atoms with Crippen molar-refractivity contribution in [3.63, 3.8) is 0 Å². The second kappa shape index (κ2) is 7.21. The van der Waals surface area contributed by atoms with Crippen LogP contribution < -0.4 is 5.32 Å². The van der Waals surface area contributed by atoms with Crippen LogP contribution in [-0.2, 0) is 6.42 Å². The van der Waals surface area contributed by atoms with Crippen LogP contribution in [0, 0.1) is 3.57 Å². The van der Waals surface area contributed by atoms with E-state index in [0.29, 0.717) is 16.8 Å². The summed E-state index contributed by atoms with van der Waals surface area (Å²) in [6.07, 6.45) is 1.78. The van der Waals surface area contributed by atoms with Gasteiger partial charge < -0.3 is 9.73 Å². The molecule has 102 valence electrons. The number of hydrogen-bond donors (Lipinski definition) is 1. The van der Waals surface area contributed by atoms with Crippen molar-refractivity contribution in [2.75, 3.05) is 13.1 Å². The summed E-state index contributed by atoms with van der Waals surface area (Å²) in [6.45, 7) is 4.03. The van der Waals surface area contributed by atoms with E-state index >= 15 is 0 Å².